The molecule has 38 heavy (non-hydrogen) atoms. The maximum Gasteiger partial charge on any atom is 0.259 e. The Morgan fingerprint density at radius 2 is 1.61 bits per heavy atom. The maximum absolute atomic E-state index is 13.9. The molecule has 1 aliphatic rings. The van der Waals surface area contributed by atoms with Gasteiger partial charge in [0, 0.05) is 17.1 Å². The quantitative estimate of drug-likeness (QED) is 0.277. The van der Waals surface area contributed by atoms with E-state index in [1.165, 1.54) is 11.0 Å². The van der Waals surface area contributed by atoms with Crippen molar-refractivity contribution in [3.8, 4) is 5.75 Å². The van der Waals surface area contributed by atoms with E-state index in [4.69, 9.17) is 11.6 Å². The number of nitroso groups, excluding NO2 is 1. The Labute approximate surface area is 224 Å². The molecule has 5 rings (SSSR count). The number of phenols is 1. The molecule has 0 saturated carbocycles. The molecule has 0 aliphatic carbocycles. The van der Waals surface area contributed by atoms with Gasteiger partial charge in [-0.3, -0.25) is 14.5 Å². The number of hydrogen-bond acceptors (Lipinski definition) is 5. The lowest BCUT2D eigenvalue weighted by atomic mass is 9.78. The van der Waals surface area contributed by atoms with Crippen molar-refractivity contribution in [2.45, 2.75) is 18.4 Å². The third kappa shape index (κ3) is 4.88. The molecule has 2 amide bonds. The van der Waals surface area contributed by atoms with Crippen LogP contribution in [0.15, 0.2) is 102 Å². The number of hydrogen-bond donors (Lipinski definition) is 2. The number of para-hydroxylation sites is 2. The summed E-state index contributed by atoms with van der Waals surface area (Å²) in [6.45, 7) is 0.350. The van der Waals surface area contributed by atoms with E-state index in [1.54, 1.807) is 84.9 Å². The second-order valence-electron chi connectivity index (χ2n) is 9.02. The van der Waals surface area contributed by atoms with Gasteiger partial charge in [-0.2, -0.15) is 0 Å². The number of phenolic OH excluding ortho intramolecular Hbond substituents is 1. The Balaban J connectivity index is 1.54. The minimum Gasteiger partial charge on any atom is -0.506 e. The fourth-order valence-electron chi connectivity index (χ4n) is 4.91. The molecule has 0 bridgehead atoms. The van der Waals surface area contributed by atoms with Gasteiger partial charge in [0.25, 0.3) is 5.91 Å². The molecule has 2 N–H and O–H groups in total. The number of anilines is 1. The van der Waals surface area contributed by atoms with Gasteiger partial charge in [-0.25, -0.2) is 0 Å². The summed E-state index contributed by atoms with van der Waals surface area (Å²) in [7, 11) is 0. The Morgan fingerprint density at radius 3 is 2.32 bits per heavy atom. The van der Waals surface area contributed by atoms with Crippen LogP contribution in [0.4, 0.5) is 11.4 Å². The number of nitrogens with one attached hydrogen (secondary N) is 1. The number of benzene rings is 4. The van der Waals surface area contributed by atoms with E-state index in [-0.39, 0.29) is 17.6 Å². The van der Waals surface area contributed by atoms with Crippen LogP contribution in [0.3, 0.4) is 0 Å². The second kappa shape index (κ2) is 10.9. The fourth-order valence-corrected chi connectivity index (χ4v) is 5.04. The molecule has 0 unspecified atom stereocenters. The van der Waals surface area contributed by atoms with Crippen LogP contribution >= 0.6 is 11.6 Å². The highest BCUT2D eigenvalue weighted by Crippen LogP contribution is 2.47. The van der Waals surface area contributed by atoms with Crippen LogP contribution in [-0.2, 0) is 11.2 Å². The van der Waals surface area contributed by atoms with Gasteiger partial charge in [0.05, 0.1) is 17.6 Å². The number of nitrogens with zero attached hydrogens (tertiary/aromatic N) is 2. The molecule has 4 aromatic rings. The zero-order chi connectivity index (χ0) is 26.6. The first kappa shape index (κ1) is 25.2. The Bertz CT molecular complexity index is 1490. The van der Waals surface area contributed by atoms with Crippen LogP contribution < -0.4 is 10.2 Å². The van der Waals surface area contributed by atoms with E-state index in [0.29, 0.717) is 46.1 Å². The predicted octanol–water partition coefficient (Wildman–Crippen LogP) is 6.29. The molecule has 7 nitrogen and oxygen atoms in total. The summed E-state index contributed by atoms with van der Waals surface area (Å²) in [6, 6.07) is 26.8. The van der Waals surface area contributed by atoms with Crippen molar-refractivity contribution < 1.29 is 14.7 Å². The molecule has 0 radical (unpaired) electrons. The molecule has 4 aromatic carbocycles. The molecule has 0 saturated heterocycles. The highest BCUT2D eigenvalue weighted by molar-refractivity contribution is 6.30. The SMILES string of the molecule is O=Nc1ccc(CCNC(=O)[C@@H]2c3ccccc3C(=O)N(c3ccccc3O)[C@H]2c2ccc(Cl)cc2)cc1. The summed E-state index contributed by atoms with van der Waals surface area (Å²) >= 11 is 6.16. The first-order valence-electron chi connectivity index (χ1n) is 12.1. The first-order chi connectivity index (χ1) is 18.5. The first-order valence-corrected chi connectivity index (χ1v) is 12.5. The van der Waals surface area contributed by atoms with Crippen molar-refractivity contribution in [2.75, 3.05) is 11.4 Å². The van der Waals surface area contributed by atoms with Crippen LogP contribution in [0.5, 0.6) is 5.75 Å². The Morgan fingerprint density at radius 1 is 0.921 bits per heavy atom. The minimum absolute atomic E-state index is 0.0633. The molecule has 8 heteroatoms. The maximum atomic E-state index is 13.9. The second-order valence-corrected chi connectivity index (χ2v) is 9.46. The lowest BCUT2D eigenvalue weighted by Gasteiger charge is -2.42. The largest absolute Gasteiger partial charge is 0.506 e. The van der Waals surface area contributed by atoms with Crippen LogP contribution in [0.2, 0.25) is 5.02 Å². The number of amides is 2. The fraction of sp³-hybridized carbons (Fsp3) is 0.133. The van der Waals surface area contributed by atoms with E-state index < -0.39 is 12.0 Å². The zero-order valence-corrected chi connectivity index (χ0v) is 21.0. The van der Waals surface area contributed by atoms with Crippen LogP contribution in [0, 0.1) is 4.91 Å². The number of carbonyl (C=O) groups excluding carboxylic acids is 2. The van der Waals surface area contributed by atoms with Crippen molar-refractivity contribution in [3.05, 3.63) is 129 Å². The lowest BCUT2D eigenvalue weighted by Crippen LogP contribution is -2.48. The van der Waals surface area contributed by atoms with Crippen molar-refractivity contribution in [2.24, 2.45) is 5.18 Å². The van der Waals surface area contributed by atoms with E-state index >= 15 is 0 Å². The normalized spacial score (nSPS) is 16.6. The van der Waals surface area contributed by atoms with Gasteiger partial charge >= 0.3 is 0 Å². The number of rotatable bonds is 7. The molecule has 0 fully saturated rings. The highest BCUT2D eigenvalue weighted by Gasteiger charge is 2.45. The monoisotopic (exact) mass is 525 g/mol. The molecular formula is C30H24ClN3O4. The molecule has 0 spiro atoms. The van der Waals surface area contributed by atoms with E-state index in [1.807, 2.05) is 6.07 Å². The van der Waals surface area contributed by atoms with Gasteiger partial charge in [-0.15, -0.1) is 4.91 Å². The number of fused-ring (bicyclic) bond motifs is 1. The number of carbonyl (C=O) groups is 2. The summed E-state index contributed by atoms with van der Waals surface area (Å²) < 4.78 is 0. The van der Waals surface area contributed by atoms with Gasteiger partial charge in [0.2, 0.25) is 5.91 Å². The molecule has 0 aromatic heterocycles. The van der Waals surface area contributed by atoms with Crippen molar-refractivity contribution in [1.29, 1.82) is 0 Å². The van der Waals surface area contributed by atoms with Gasteiger partial charge < -0.3 is 10.4 Å². The third-order valence-electron chi connectivity index (χ3n) is 6.73. The summed E-state index contributed by atoms with van der Waals surface area (Å²) in [4.78, 5) is 39.9. The van der Waals surface area contributed by atoms with Crippen molar-refractivity contribution in [1.82, 2.24) is 5.32 Å². The van der Waals surface area contributed by atoms with Gasteiger partial charge in [0.1, 0.15) is 11.4 Å². The van der Waals surface area contributed by atoms with Gasteiger partial charge in [0.15, 0.2) is 0 Å². The number of aromatic hydroxyl groups is 1. The molecular weight excluding hydrogens is 502 g/mol. The predicted molar refractivity (Wildman–Crippen MR) is 147 cm³/mol. The summed E-state index contributed by atoms with van der Waals surface area (Å²) in [6.07, 6.45) is 0.549. The van der Waals surface area contributed by atoms with Gasteiger partial charge in [-0.1, -0.05) is 66.2 Å². The van der Waals surface area contributed by atoms with Crippen LogP contribution in [0.1, 0.15) is 39.0 Å². The molecule has 1 heterocycles. The molecule has 190 valence electrons. The van der Waals surface area contributed by atoms with Crippen molar-refractivity contribution >= 4 is 34.8 Å². The average Bonchev–Trinajstić information content (AvgIpc) is 2.94. The highest BCUT2D eigenvalue weighted by atomic mass is 35.5. The van der Waals surface area contributed by atoms with Crippen LogP contribution in [-0.4, -0.2) is 23.5 Å². The molecule has 1 aliphatic heterocycles. The summed E-state index contributed by atoms with van der Waals surface area (Å²) in [5.41, 5.74) is 3.32. The zero-order valence-electron chi connectivity index (χ0n) is 20.3. The van der Waals surface area contributed by atoms with E-state index in [9.17, 15) is 19.6 Å². The standard InChI is InChI=1S/C30H24ClN3O4/c31-21-13-11-20(12-14-21)28-27(29(36)32-18-17-19-9-15-22(33-38)16-10-19)23-5-1-2-6-24(23)30(37)34(28)25-7-3-4-8-26(25)35/h1-16,27-28,35H,17-18H2,(H,32,36)/t27-,28+/m1/s1. The summed E-state index contributed by atoms with van der Waals surface area (Å²) in [5.74, 6) is -1.38. The topological polar surface area (TPSA) is 99.1 Å². The third-order valence-corrected chi connectivity index (χ3v) is 6.98. The smallest absolute Gasteiger partial charge is 0.259 e. The van der Waals surface area contributed by atoms with E-state index in [2.05, 4.69) is 10.5 Å². The average molecular weight is 526 g/mol. The van der Waals surface area contributed by atoms with Crippen LogP contribution in [0.25, 0.3) is 0 Å². The Kier molecular flexibility index (Phi) is 7.20. The lowest BCUT2D eigenvalue weighted by molar-refractivity contribution is -0.123. The minimum atomic E-state index is -0.758. The number of halogens is 1. The van der Waals surface area contributed by atoms with E-state index in [0.717, 1.165) is 5.56 Å². The Hall–Kier alpha value is -4.49. The van der Waals surface area contributed by atoms with Crippen molar-refractivity contribution in [3.63, 3.8) is 0 Å². The van der Waals surface area contributed by atoms with Gasteiger partial charge in [-0.05, 0) is 70.8 Å². The molecule has 2 atom stereocenters. The summed E-state index contributed by atoms with van der Waals surface area (Å²) in [5, 5.41) is 17.2.